The second kappa shape index (κ2) is 5.07. The summed E-state index contributed by atoms with van der Waals surface area (Å²) in [5.41, 5.74) is 3.19. The van der Waals surface area contributed by atoms with Gasteiger partial charge in [0.05, 0.1) is 7.05 Å². The maximum atomic E-state index is 11.0. The average Bonchev–Trinajstić information content (AvgIpc) is 1.96. The van der Waals surface area contributed by atoms with E-state index >= 15 is 0 Å². The fourth-order valence-electron chi connectivity index (χ4n) is 0.563. The van der Waals surface area contributed by atoms with Gasteiger partial charge in [-0.1, -0.05) is 0 Å². The van der Waals surface area contributed by atoms with Gasteiger partial charge in [-0.25, -0.2) is 4.79 Å². The van der Waals surface area contributed by atoms with E-state index in [1.54, 1.807) is 0 Å². The number of ether oxygens (including phenoxy) is 1. The van der Waals surface area contributed by atoms with Gasteiger partial charge in [-0.05, 0) is 13.0 Å². The van der Waals surface area contributed by atoms with Crippen molar-refractivity contribution in [1.82, 2.24) is 4.90 Å². The van der Waals surface area contributed by atoms with Gasteiger partial charge in [0, 0.05) is 27.3 Å². The van der Waals surface area contributed by atoms with Gasteiger partial charge < -0.3 is 15.4 Å². The Morgan fingerprint density at radius 1 is 1.46 bits per heavy atom. The van der Waals surface area contributed by atoms with Crippen LogP contribution in [0.1, 0.15) is 6.42 Å². The first-order chi connectivity index (χ1) is 5.87. The van der Waals surface area contributed by atoms with Gasteiger partial charge in [0.2, 0.25) is 0 Å². The quantitative estimate of drug-likeness (QED) is 0.634. The Morgan fingerprint density at radius 3 is 2.38 bits per heavy atom. The number of hydrogen-bond acceptors (Lipinski definition) is 3. The molecule has 0 atom stereocenters. The standard InChI is InChI=1S/C9H12N2O2/c1-9(2,3)13-8(12)11(4)7-5-6-10/h1-4H,5-7,10H2. The third-order valence-corrected chi connectivity index (χ3v) is 1.10. The fourth-order valence-corrected chi connectivity index (χ4v) is 0.563. The molecule has 8 radical (unpaired) electrons. The van der Waals surface area contributed by atoms with Crippen LogP contribution in [0.15, 0.2) is 0 Å². The molecule has 0 aliphatic heterocycles. The smallest absolute Gasteiger partial charge is 0.410 e. The molecule has 0 heterocycles. The Bertz CT molecular complexity index is 163. The minimum atomic E-state index is -2.00. The van der Waals surface area contributed by atoms with E-state index in [0.29, 0.717) is 13.0 Å². The summed E-state index contributed by atoms with van der Waals surface area (Å²) in [4.78, 5) is 11.8. The Labute approximate surface area is 80.0 Å². The van der Waals surface area contributed by atoms with Gasteiger partial charge in [-0.3, -0.25) is 0 Å². The first kappa shape index (κ1) is 12.2. The Hall–Kier alpha value is -0.770. The van der Waals surface area contributed by atoms with Crippen LogP contribution in [0.25, 0.3) is 0 Å². The van der Waals surface area contributed by atoms with Crippen LogP contribution in [0, 0.1) is 27.8 Å². The summed E-state index contributed by atoms with van der Waals surface area (Å²) in [5.74, 6) is 0. The van der Waals surface area contributed by atoms with Crippen molar-refractivity contribution in [3.8, 4) is 0 Å². The van der Waals surface area contributed by atoms with Crippen molar-refractivity contribution < 1.29 is 9.53 Å². The number of rotatable bonds is 4. The molecule has 0 unspecified atom stereocenters. The molecular weight excluding hydrogens is 168 g/mol. The van der Waals surface area contributed by atoms with Crippen molar-refractivity contribution in [2.45, 2.75) is 12.0 Å². The van der Waals surface area contributed by atoms with Crippen molar-refractivity contribution in [2.24, 2.45) is 5.73 Å². The maximum absolute atomic E-state index is 11.0. The van der Waals surface area contributed by atoms with E-state index < -0.39 is 11.7 Å². The Balaban J connectivity index is 3.83. The van der Waals surface area contributed by atoms with E-state index in [4.69, 9.17) is 33.6 Å². The lowest BCUT2D eigenvalue weighted by Gasteiger charge is -2.23. The highest BCUT2D eigenvalue weighted by Crippen LogP contribution is 2.07. The van der Waals surface area contributed by atoms with E-state index in [-0.39, 0.29) is 6.54 Å². The van der Waals surface area contributed by atoms with Gasteiger partial charge in [0.25, 0.3) is 0 Å². The molecule has 0 rings (SSSR count). The highest BCUT2D eigenvalue weighted by atomic mass is 16.6. The summed E-state index contributed by atoms with van der Waals surface area (Å²) in [6, 6.07) is 0. The number of hydrogen-bond donors (Lipinski definition) is 1. The third kappa shape index (κ3) is 6.40. The zero-order chi connectivity index (χ0) is 10.5. The lowest BCUT2D eigenvalue weighted by Crippen LogP contribution is -2.34. The molecule has 0 saturated carbocycles. The summed E-state index contributed by atoms with van der Waals surface area (Å²) in [7, 11) is 5.25. The topological polar surface area (TPSA) is 55.6 Å². The van der Waals surface area contributed by atoms with Gasteiger partial charge >= 0.3 is 6.09 Å². The molecule has 0 aromatic rings. The van der Waals surface area contributed by atoms with Crippen LogP contribution >= 0.6 is 0 Å². The van der Waals surface area contributed by atoms with E-state index in [9.17, 15) is 4.79 Å². The van der Waals surface area contributed by atoms with Crippen LogP contribution in [0.5, 0.6) is 0 Å². The van der Waals surface area contributed by atoms with Crippen LogP contribution in [-0.4, -0.2) is 29.7 Å². The van der Waals surface area contributed by atoms with Gasteiger partial charge in [-0.15, -0.1) is 0 Å². The molecule has 0 bridgehead atoms. The second-order valence-electron chi connectivity index (χ2n) is 2.56. The molecule has 0 aromatic heterocycles. The SMILES string of the molecule is [CH]N(CCCN)C(=O)OC([CH])([CH])[CH]. The van der Waals surface area contributed by atoms with Crippen molar-refractivity contribution in [1.29, 1.82) is 0 Å². The molecule has 4 heteroatoms. The van der Waals surface area contributed by atoms with E-state index in [1.165, 1.54) is 0 Å². The van der Waals surface area contributed by atoms with Crippen molar-refractivity contribution in [3.05, 3.63) is 27.8 Å². The van der Waals surface area contributed by atoms with E-state index in [1.807, 2.05) is 0 Å². The molecule has 2 N–H and O–H groups in total. The normalized spacial score (nSPS) is 11.2. The Kier molecular flexibility index (Phi) is 4.77. The van der Waals surface area contributed by atoms with Crippen molar-refractivity contribution in [3.63, 3.8) is 0 Å². The van der Waals surface area contributed by atoms with Crippen LogP contribution in [-0.2, 0) is 4.74 Å². The van der Waals surface area contributed by atoms with Crippen LogP contribution in [0.2, 0.25) is 0 Å². The van der Waals surface area contributed by atoms with E-state index in [2.05, 4.69) is 4.74 Å². The number of carbonyl (C=O) groups is 1. The lowest BCUT2D eigenvalue weighted by atomic mass is 10.2. The second-order valence-corrected chi connectivity index (χ2v) is 2.56. The third-order valence-electron chi connectivity index (χ3n) is 1.10. The number of carbonyl (C=O) groups excluding carboxylic acids is 1. The predicted octanol–water partition coefficient (Wildman–Crippen LogP) is 0.314. The molecule has 4 nitrogen and oxygen atoms in total. The highest BCUT2D eigenvalue weighted by Gasteiger charge is 2.20. The minimum Gasteiger partial charge on any atom is -0.442 e. The lowest BCUT2D eigenvalue weighted by molar-refractivity contribution is 0.0748. The summed E-state index contributed by atoms with van der Waals surface area (Å²) < 4.78 is 4.35. The summed E-state index contributed by atoms with van der Waals surface area (Å²) in [5, 5.41) is 0. The fraction of sp³-hybridized carbons (Fsp3) is 0.444. The molecular formula is C9H12N2O2. The van der Waals surface area contributed by atoms with Crippen molar-refractivity contribution >= 4 is 6.09 Å². The molecule has 0 aliphatic rings. The first-order valence-electron chi connectivity index (χ1n) is 3.68. The van der Waals surface area contributed by atoms with Gasteiger partial charge in [-0.2, -0.15) is 0 Å². The van der Waals surface area contributed by atoms with Crippen LogP contribution in [0.4, 0.5) is 4.79 Å². The summed E-state index contributed by atoms with van der Waals surface area (Å²) in [6.45, 7) is 15.7. The maximum Gasteiger partial charge on any atom is 0.410 e. The molecule has 1 amide bonds. The molecule has 0 aliphatic carbocycles. The predicted molar refractivity (Wildman–Crippen MR) is 46.8 cm³/mol. The molecule has 70 valence electrons. The molecule has 0 aromatic carbocycles. The molecule has 13 heavy (non-hydrogen) atoms. The Morgan fingerprint density at radius 2 is 2.00 bits per heavy atom. The summed E-state index contributed by atoms with van der Waals surface area (Å²) in [6.07, 6.45) is -0.334. The highest BCUT2D eigenvalue weighted by molar-refractivity contribution is 5.68. The number of nitrogens with zero attached hydrogens (tertiary/aromatic N) is 1. The average molecular weight is 180 g/mol. The van der Waals surface area contributed by atoms with E-state index in [0.717, 1.165) is 4.90 Å². The molecule has 0 spiro atoms. The van der Waals surface area contributed by atoms with Gasteiger partial charge in [0.1, 0.15) is 5.60 Å². The number of amides is 1. The van der Waals surface area contributed by atoms with Crippen LogP contribution in [0.3, 0.4) is 0 Å². The zero-order valence-electron chi connectivity index (χ0n) is 7.27. The largest absolute Gasteiger partial charge is 0.442 e. The number of nitrogens with two attached hydrogens (primary N) is 1. The van der Waals surface area contributed by atoms with Gasteiger partial charge in [0.15, 0.2) is 0 Å². The molecule has 0 fully saturated rings. The molecule has 0 saturated heterocycles. The monoisotopic (exact) mass is 180 g/mol. The zero-order valence-corrected chi connectivity index (χ0v) is 7.27. The minimum absolute atomic E-state index is 0.255. The van der Waals surface area contributed by atoms with Crippen LogP contribution < -0.4 is 5.73 Å². The van der Waals surface area contributed by atoms with Crippen molar-refractivity contribution in [2.75, 3.05) is 13.1 Å². The first-order valence-corrected chi connectivity index (χ1v) is 3.68. The summed E-state index contributed by atoms with van der Waals surface area (Å²) >= 11 is 0.